The van der Waals surface area contributed by atoms with Crippen LogP contribution in [0.4, 0.5) is 24.8 Å². The summed E-state index contributed by atoms with van der Waals surface area (Å²) in [6.07, 6.45) is 1.70. The van der Waals surface area contributed by atoms with E-state index in [0.717, 1.165) is 0 Å². The van der Waals surface area contributed by atoms with Gasteiger partial charge in [0.05, 0.1) is 12.4 Å². The number of imidazole rings is 1. The summed E-state index contributed by atoms with van der Waals surface area (Å²) >= 11 is 0. The quantitative estimate of drug-likeness (QED) is 0.515. The number of nitrogens with zero attached hydrogens (tertiary/aromatic N) is 6. The summed E-state index contributed by atoms with van der Waals surface area (Å²) in [6.45, 7) is 0.233. The zero-order valence-corrected chi connectivity index (χ0v) is 16.5. The van der Waals surface area contributed by atoms with E-state index < -0.39 is 18.1 Å². The van der Waals surface area contributed by atoms with Gasteiger partial charge < -0.3 is 14.6 Å². The molecule has 9 nitrogen and oxygen atoms in total. The molecule has 4 aromatic rings. The first kappa shape index (κ1) is 20.0. The Morgan fingerprint density at radius 3 is 2.84 bits per heavy atom. The van der Waals surface area contributed by atoms with Gasteiger partial charge in [-0.1, -0.05) is 0 Å². The number of nitrogens with one attached hydrogen (secondary N) is 1. The van der Waals surface area contributed by atoms with Crippen molar-refractivity contribution in [2.75, 3.05) is 16.8 Å². The number of carbonyl (C=O) groups excluding carboxylic acids is 1. The van der Waals surface area contributed by atoms with Crippen molar-refractivity contribution in [1.29, 1.82) is 0 Å². The van der Waals surface area contributed by atoms with Gasteiger partial charge in [0.15, 0.2) is 23.5 Å². The Hall–Kier alpha value is -3.96. The molecule has 1 atom stereocenters. The number of carbonyl (C=O) groups is 1. The molecule has 0 bridgehead atoms. The van der Waals surface area contributed by atoms with Crippen LogP contribution in [0.1, 0.15) is 23.3 Å². The smallest absolute Gasteiger partial charge is 0.408 e. The van der Waals surface area contributed by atoms with Gasteiger partial charge in [-0.25, -0.2) is 19.5 Å². The number of oxazole rings is 1. The number of hydrogen-bond donors (Lipinski definition) is 1. The number of hydrogen-bond acceptors (Lipinski definition) is 7. The molecule has 1 fully saturated rings. The van der Waals surface area contributed by atoms with Gasteiger partial charge in [-0.15, -0.1) is 5.10 Å². The van der Waals surface area contributed by atoms with E-state index in [1.54, 1.807) is 12.1 Å². The fourth-order valence-electron chi connectivity index (χ4n) is 3.74. The van der Waals surface area contributed by atoms with E-state index >= 15 is 0 Å². The minimum absolute atomic E-state index is 0.00763. The molecule has 1 N–H and O–H groups in total. The monoisotopic (exact) mass is 443 g/mol. The van der Waals surface area contributed by atoms with Crippen LogP contribution in [-0.4, -0.2) is 49.2 Å². The highest BCUT2D eigenvalue weighted by Gasteiger charge is 2.46. The fourth-order valence-corrected chi connectivity index (χ4v) is 3.74. The van der Waals surface area contributed by atoms with Gasteiger partial charge in [-0.05, 0) is 37.1 Å². The second-order valence-corrected chi connectivity index (χ2v) is 7.25. The first-order valence-corrected chi connectivity index (χ1v) is 9.74. The zero-order chi connectivity index (χ0) is 22.3. The van der Waals surface area contributed by atoms with Crippen molar-refractivity contribution in [3.8, 4) is 11.3 Å². The molecule has 5 rings (SSSR count). The molecule has 0 aromatic carbocycles. The summed E-state index contributed by atoms with van der Waals surface area (Å²) in [5, 5.41) is 6.93. The zero-order valence-electron chi connectivity index (χ0n) is 16.5. The van der Waals surface area contributed by atoms with Gasteiger partial charge in [0, 0.05) is 18.3 Å². The van der Waals surface area contributed by atoms with Gasteiger partial charge in [0.1, 0.15) is 17.7 Å². The SMILES string of the molecule is O=C(Nc1cc(-c2cnco2)ccn1)c1cnc2ccc(N3CCCC3C(F)(F)F)nn12. The molecule has 164 valence electrons. The molecule has 0 aliphatic carbocycles. The molecular weight excluding hydrogens is 427 g/mol. The average Bonchev–Trinajstić information content (AvgIpc) is 3.53. The number of rotatable bonds is 4. The highest BCUT2D eigenvalue weighted by molar-refractivity contribution is 6.03. The van der Waals surface area contributed by atoms with Crippen LogP contribution in [0, 0.1) is 0 Å². The first-order valence-electron chi connectivity index (χ1n) is 9.74. The summed E-state index contributed by atoms with van der Waals surface area (Å²) < 4.78 is 46.6. The number of alkyl halides is 3. The van der Waals surface area contributed by atoms with E-state index in [1.807, 2.05) is 0 Å². The molecule has 1 aliphatic heterocycles. The van der Waals surface area contributed by atoms with Crippen molar-refractivity contribution in [1.82, 2.24) is 24.6 Å². The van der Waals surface area contributed by atoms with Gasteiger partial charge in [-0.3, -0.25) is 4.79 Å². The van der Waals surface area contributed by atoms with Crippen molar-refractivity contribution in [2.45, 2.75) is 25.1 Å². The average molecular weight is 443 g/mol. The topological polar surface area (TPSA) is 101 Å². The van der Waals surface area contributed by atoms with Crippen molar-refractivity contribution >= 4 is 23.2 Å². The summed E-state index contributed by atoms with van der Waals surface area (Å²) in [7, 11) is 0. The molecule has 4 aromatic heterocycles. The Morgan fingerprint density at radius 1 is 1.19 bits per heavy atom. The van der Waals surface area contributed by atoms with Crippen LogP contribution in [0.2, 0.25) is 0 Å². The van der Waals surface area contributed by atoms with Crippen LogP contribution < -0.4 is 10.2 Å². The maximum absolute atomic E-state index is 13.4. The van der Waals surface area contributed by atoms with Crippen LogP contribution >= 0.6 is 0 Å². The number of fused-ring (bicyclic) bond motifs is 1. The third-order valence-corrected chi connectivity index (χ3v) is 5.22. The predicted octanol–water partition coefficient (Wildman–Crippen LogP) is 3.56. The summed E-state index contributed by atoms with van der Waals surface area (Å²) in [4.78, 5) is 26.2. The molecular formula is C20H16F3N7O2. The van der Waals surface area contributed by atoms with Crippen LogP contribution in [0.5, 0.6) is 0 Å². The Bertz CT molecular complexity index is 1270. The molecule has 0 spiro atoms. The molecule has 0 radical (unpaired) electrons. The third kappa shape index (κ3) is 3.63. The van der Waals surface area contributed by atoms with Crippen LogP contribution in [0.25, 0.3) is 17.0 Å². The molecule has 32 heavy (non-hydrogen) atoms. The van der Waals surface area contributed by atoms with Crippen LogP contribution in [0.15, 0.2) is 53.7 Å². The lowest BCUT2D eigenvalue weighted by Gasteiger charge is -2.27. The highest BCUT2D eigenvalue weighted by atomic mass is 19.4. The predicted molar refractivity (Wildman–Crippen MR) is 107 cm³/mol. The molecule has 1 amide bonds. The van der Waals surface area contributed by atoms with E-state index in [0.29, 0.717) is 23.4 Å². The maximum Gasteiger partial charge on any atom is 0.408 e. The summed E-state index contributed by atoms with van der Waals surface area (Å²) in [5.74, 6) is 0.341. The second kappa shape index (κ2) is 7.62. The maximum atomic E-state index is 13.4. The normalized spacial score (nSPS) is 16.6. The summed E-state index contributed by atoms with van der Waals surface area (Å²) in [6, 6.07) is 4.73. The molecule has 0 saturated carbocycles. The molecule has 1 aliphatic rings. The van der Waals surface area contributed by atoms with E-state index in [1.165, 1.54) is 46.5 Å². The van der Waals surface area contributed by atoms with Crippen LogP contribution in [-0.2, 0) is 0 Å². The Kier molecular flexibility index (Phi) is 4.76. The minimum Gasteiger partial charge on any atom is -0.444 e. The Balaban J connectivity index is 1.43. The third-order valence-electron chi connectivity index (χ3n) is 5.22. The molecule has 1 saturated heterocycles. The van der Waals surface area contributed by atoms with Gasteiger partial charge in [-0.2, -0.15) is 13.2 Å². The van der Waals surface area contributed by atoms with E-state index in [4.69, 9.17) is 4.42 Å². The number of amides is 1. The standard InChI is InChI=1S/C20H16F3N7O2/c21-20(22,23)15-2-1-7-29(15)18-4-3-17-26-9-13(30(17)28-18)19(31)27-16-8-12(5-6-25-16)14-10-24-11-32-14/h3-6,8-11,15H,1-2,7H2,(H,25,27,31). The highest BCUT2D eigenvalue weighted by Crippen LogP contribution is 2.35. The number of pyridine rings is 1. The largest absolute Gasteiger partial charge is 0.444 e. The minimum atomic E-state index is -4.36. The fraction of sp³-hybridized carbons (Fsp3) is 0.250. The number of aromatic nitrogens is 5. The Morgan fingerprint density at radius 2 is 2.06 bits per heavy atom. The summed E-state index contributed by atoms with van der Waals surface area (Å²) in [5.41, 5.74) is 1.07. The lowest BCUT2D eigenvalue weighted by Crippen LogP contribution is -2.41. The van der Waals surface area contributed by atoms with E-state index in [-0.39, 0.29) is 30.3 Å². The van der Waals surface area contributed by atoms with Crippen molar-refractivity contribution in [3.63, 3.8) is 0 Å². The molecule has 1 unspecified atom stereocenters. The molecule has 12 heteroatoms. The van der Waals surface area contributed by atoms with Gasteiger partial charge in [0.2, 0.25) is 0 Å². The van der Waals surface area contributed by atoms with Crippen molar-refractivity contribution < 1.29 is 22.4 Å². The first-order chi connectivity index (χ1) is 15.4. The lowest BCUT2D eigenvalue weighted by atomic mass is 10.2. The lowest BCUT2D eigenvalue weighted by molar-refractivity contribution is -0.146. The molecule has 5 heterocycles. The Labute approximate surface area is 178 Å². The number of halogens is 3. The van der Waals surface area contributed by atoms with Crippen molar-refractivity contribution in [2.24, 2.45) is 0 Å². The van der Waals surface area contributed by atoms with Crippen molar-refractivity contribution in [3.05, 3.63) is 54.9 Å². The number of anilines is 2. The van der Waals surface area contributed by atoms with E-state index in [2.05, 4.69) is 25.4 Å². The van der Waals surface area contributed by atoms with E-state index in [9.17, 15) is 18.0 Å². The van der Waals surface area contributed by atoms with Gasteiger partial charge >= 0.3 is 6.18 Å². The van der Waals surface area contributed by atoms with Crippen LogP contribution in [0.3, 0.4) is 0 Å². The van der Waals surface area contributed by atoms with Gasteiger partial charge in [0.25, 0.3) is 5.91 Å². The second-order valence-electron chi connectivity index (χ2n) is 7.25.